The van der Waals surface area contributed by atoms with Crippen LogP contribution in [0.5, 0.6) is 0 Å². The first-order valence-electron chi connectivity index (χ1n) is 6.61. The molecule has 92 valence electrons. The maximum Gasteiger partial charge on any atom is 0.128 e. The van der Waals surface area contributed by atoms with Crippen LogP contribution in [-0.2, 0) is 0 Å². The van der Waals surface area contributed by atoms with Crippen LogP contribution in [0.15, 0.2) is 42.6 Å². The predicted octanol–water partition coefficient (Wildman–Crippen LogP) is 3.66. The summed E-state index contributed by atoms with van der Waals surface area (Å²) in [7, 11) is 0. The summed E-state index contributed by atoms with van der Waals surface area (Å²) < 4.78 is 0. The molecule has 1 aromatic carbocycles. The fraction of sp³-hybridized carbons (Fsp3) is 0.312. The molecule has 2 aromatic rings. The third-order valence-corrected chi connectivity index (χ3v) is 3.63. The van der Waals surface area contributed by atoms with Crippen molar-refractivity contribution in [2.75, 3.05) is 18.0 Å². The highest BCUT2D eigenvalue weighted by molar-refractivity contribution is 5.67. The first kappa shape index (κ1) is 11.3. The highest BCUT2D eigenvalue weighted by Gasteiger charge is 2.13. The van der Waals surface area contributed by atoms with Crippen molar-refractivity contribution >= 4 is 5.82 Å². The van der Waals surface area contributed by atoms with E-state index in [9.17, 15) is 0 Å². The minimum Gasteiger partial charge on any atom is -0.357 e. The lowest BCUT2D eigenvalue weighted by Crippen LogP contribution is -2.18. The Morgan fingerprint density at radius 1 is 1.00 bits per heavy atom. The van der Waals surface area contributed by atoms with Crippen LogP contribution < -0.4 is 4.90 Å². The fourth-order valence-corrected chi connectivity index (χ4v) is 2.58. The van der Waals surface area contributed by atoms with Gasteiger partial charge in [0.2, 0.25) is 0 Å². The highest BCUT2D eigenvalue weighted by atomic mass is 15.2. The molecule has 0 atom stereocenters. The molecule has 2 heterocycles. The summed E-state index contributed by atoms with van der Waals surface area (Å²) in [5, 5.41) is 0. The summed E-state index contributed by atoms with van der Waals surface area (Å²) in [6.07, 6.45) is 4.58. The van der Waals surface area contributed by atoms with E-state index in [-0.39, 0.29) is 0 Å². The van der Waals surface area contributed by atoms with Crippen molar-refractivity contribution in [3.63, 3.8) is 0 Å². The number of nitrogens with zero attached hydrogens (tertiary/aromatic N) is 2. The lowest BCUT2D eigenvalue weighted by molar-refractivity contribution is 0.938. The summed E-state index contributed by atoms with van der Waals surface area (Å²) in [5.41, 5.74) is 3.78. The average Bonchev–Trinajstić information content (AvgIpc) is 2.94. The number of aromatic nitrogens is 1. The fourth-order valence-electron chi connectivity index (χ4n) is 2.58. The van der Waals surface area contributed by atoms with E-state index in [1.807, 2.05) is 6.20 Å². The van der Waals surface area contributed by atoms with Crippen LogP contribution in [0.25, 0.3) is 11.1 Å². The monoisotopic (exact) mass is 238 g/mol. The molecule has 0 spiro atoms. The van der Waals surface area contributed by atoms with Crippen molar-refractivity contribution in [3.05, 3.63) is 48.2 Å². The molecule has 1 fully saturated rings. The summed E-state index contributed by atoms with van der Waals surface area (Å²) >= 11 is 0. The Morgan fingerprint density at radius 3 is 2.44 bits per heavy atom. The second-order valence-corrected chi connectivity index (χ2v) is 4.91. The molecule has 3 rings (SSSR count). The van der Waals surface area contributed by atoms with Crippen LogP contribution in [0.4, 0.5) is 5.82 Å². The topological polar surface area (TPSA) is 16.1 Å². The Labute approximate surface area is 108 Å². The van der Waals surface area contributed by atoms with Crippen LogP contribution >= 0.6 is 0 Å². The number of rotatable bonds is 2. The second-order valence-electron chi connectivity index (χ2n) is 4.91. The Balaban J connectivity index is 1.89. The van der Waals surface area contributed by atoms with Crippen LogP contribution in [0.3, 0.4) is 0 Å². The Bertz CT molecular complexity index is 525. The molecule has 1 saturated heterocycles. The van der Waals surface area contributed by atoms with E-state index >= 15 is 0 Å². The maximum absolute atomic E-state index is 4.60. The molecule has 0 aliphatic carbocycles. The zero-order valence-corrected chi connectivity index (χ0v) is 10.8. The highest BCUT2D eigenvalue weighted by Crippen LogP contribution is 2.25. The van der Waals surface area contributed by atoms with E-state index in [0.29, 0.717) is 0 Å². The molecular formula is C16H18N2. The molecule has 18 heavy (non-hydrogen) atoms. The van der Waals surface area contributed by atoms with Gasteiger partial charge in [0, 0.05) is 24.8 Å². The summed E-state index contributed by atoms with van der Waals surface area (Å²) in [4.78, 5) is 6.97. The van der Waals surface area contributed by atoms with Crippen LogP contribution in [0.1, 0.15) is 18.4 Å². The van der Waals surface area contributed by atoms with Gasteiger partial charge in [0.1, 0.15) is 5.82 Å². The number of pyridine rings is 1. The van der Waals surface area contributed by atoms with Gasteiger partial charge in [-0.05, 0) is 43.0 Å². The van der Waals surface area contributed by atoms with Crippen LogP contribution in [0.2, 0.25) is 0 Å². The van der Waals surface area contributed by atoms with E-state index in [4.69, 9.17) is 0 Å². The summed E-state index contributed by atoms with van der Waals surface area (Å²) in [6.45, 7) is 4.44. The molecule has 1 aromatic heterocycles. The van der Waals surface area contributed by atoms with Gasteiger partial charge in [0.25, 0.3) is 0 Å². The third-order valence-electron chi connectivity index (χ3n) is 3.63. The first-order chi connectivity index (χ1) is 8.84. The van der Waals surface area contributed by atoms with Gasteiger partial charge in [-0.15, -0.1) is 0 Å². The lowest BCUT2D eigenvalue weighted by Gasteiger charge is -2.16. The zero-order chi connectivity index (χ0) is 12.4. The van der Waals surface area contributed by atoms with E-state index in [1.54, 1.807) is 0 Å². The Hall–Kier alpha value is -1.83. The molecule has 2 nitrogen and oxygen atoms in total. The van der Waals surface area contributed by atoms with Crippen molar-refractivity contribution in [2.45, 2.75) is 19.8 Å². The van der Waals surface area contributed by atoms with E-state index in [2.05, 4.69) is 53.2 Å². The summed E-state index contributed by atoms with van der Waals surface area (Å²) in [5.74, 6) is 1.12. The minimum atomic E-state index is 1.12. The van der Waals surface area contributed by atoms with E-state index < -0.39 is 0 Å². The predicted molar refractivity (Wildman–Crippen MR) is 75.9 cm³/mol. The minimum absolute atomic E-state index is 1.12. The van der Waals surface area contributed by atoms with Crippen LogP contribution in [0, 0.1) is 6.92 Å². The molecule has 0 amide bonds. The number of hydrogen-bond donors (Lipinski definition) is 0. The smallest absolute Gasteiger partial charge is 0.128 e. The van der Waals surface area contributed by atoms with Gasteiger partial charge >= 0.3 is 0 Å². The number of aryl methyl sites for hydroxylation is 1. The van der Waals surface area contributed by atoms with Gasteiger partial charge in [-0.1, -0.05) is 24.3 Å². The lowest BCUT2D eigenvalue weighted by atomic mass is 10.0. The second kappa shape index (κ2) is 4.81. The normalized spacial score (nSPS) is 15.1. The molecule has 2 heteroatoms. The molecule has 0 bridgehead atoms. The van der Waals surface area contributed by atoms with Crippen molar-refractivity contribution in [2.24, 2.45) is 0 Å². The van der Waals surface area contributed by atoms with Crippen molar-refractivity contribution in [1.29, 1.82) is 0 Å². The molecule has 0 saturated carbocycles. The number of hydrogen-bond acceptors (Lipinski definition) is 2. The standard InChI is InChI=1S/C16H18N2/c1-13-6-2-3-7-15(13)14-8-9-16(17-12-14)18-10-4-5-11-18/h2-3,6-9,12H,4-5,10-11H2,1H3. The summed E-state index contributed by atoms with van der Waals surface area (Å²) in [6, 6.07) is 12.8. The van der Waals surface area contributed by atoms with Gasteiger partial charge in [-0.25, -0.2) is 4.98 Å². The average molecular weight is 238 g/mol. The van der Waals surface area contributed by atoms with Gasteiger partial charge < -0.3 is 4.90 Å². The Kier molecular flexibility index (Phi) is 3.01. The van der Waals surface area contributed by atoms with Gasteiger partial charge in [0.15, 0.2) is 0 Å². The third kappa shape index (κ3) is 2.10. The number of anilines is 1. The molecule has 1 aliphatic heterocycles. The quantitative estimate of drug-likeness (QED) is 0.793. The van der Waals surface area contributed by atoms with Crippen molar-refractivity contribution in [1.82, 2.24) is 4.98 Å². The molecular weight excluding hydrogens is 220 g/mol. The van der Waals surface area contributed by atoms with Crippen molar-refractivity contribution < 1.29 is 0 Å². The number of benzene rings is 1. The van der Waals surface area contributed by atoms with Gasteiger partial charge in [-0.3, -0.25) is 0 Å². The van der Waals surface area contributed by atoms with Crippen LogP contribution in [-0.4, -0.2) is 18.1 Å². The molecule has 1 aliphatic rings. The van der Waals surface area contributed by atoms with E-state index in [1.165, 1.54) is 29.5 Å². The maximum atomic E-state index is 4.60. The molecule has 0 unspecified atom stereocenters. The van der Waals surface area contributed by atoms with Crippen molar-refractivity contribution in [3.8, 4) is 11.1 Å². The first-order valence-corrected chi connectivity index (χ1v) is 6.61. The van der Waals surface area contributed by atoms with Gasteiger partial charge in [-0.2, -0.15) is 0 Å². The molecule has 0 N–H and O–H groups in total. The van der Waals surface area contributed by atoms with Gasteiger partial charge in [0.05, 0.1) is 0 Å². The Morgan fingerprint density at radius 2 is 1.78 bits per heavy atom. The molecule has 0 radical (unpaired) electrons. The van der Waals surface area contributed by atoms with E-state index in [0.717, 1.165) is 18.9 Å². The SMILES string of the molecule is Cc1ccccc1-c1ccc(N2CCCC2)nc1. The zero-order valence-electron chi connectivity index (χ0n) is 10.8. The largest absolute Gasteiger partial charge is 0.357 e.